The van der Waals surface area contributed by atoms with Crippen LogP contribution in [0.25, 0.3) is 0 Å². The van der Waals surface area contributed by atoms with Gasteiger partial charge in [0, 0.05) is 36.9 Å². The van der Waals surface area contributed by atoms with Crippen LogP contribution < -0.4 is 10.6 Å². The number of nitrogens with one attached hydrogen (secondary N) is 2. The first-order chi connectivity index (χ1) is 10.2. The molecule has 0 aliphatic rings. The number of rotatable bonds is 6. The summed E-state index contributed by atoms with van der Waals surface area (Å²) in [5, 5.41) is 6.17. The fraction of sp³-hybridized carbons (Fsp3) is 0.312. The van der Waals surface area contributed by atoms with E-state index in [1.165, 1.54) is 0 Å². The van der Waals surface area contributed by atoms with Gasteiger partial charge in [0.05, 0.1) is 0 Å². The van der Waals surface area contributed by atoms with E-state index in [1.54, 1.807) is 24.7 Å². The van der Waals surface area contributed by atoms with Gasteiger partial charge in [-0.2, -0.15) is 0 Å². The van der Waals surface area contributed by atoms with E-state index in [-0.39, 0.29) is 5.91 Å². The minimum Gasteiger partial charge on any atom is -0.382 e. The van der Waals surface area contributed by atoms with Gasteiger partial charge < -0.3 is 10.6 Å². The highest BCUT2D eigenvalue weighted by Crippen LogP contribution is 2.10. The van der Waals surface area contributed by atoms with Crippen molar-refractivity contribution in [3.63, 3.8) is 0 Å². The average molecular weight is 284 g/mol. The summed E-state index contributed by atoms with van der Waals surface area (Å²) in [7, 11) is 0. The Morgan fingerprint density at radius 1 is 1.33 bits per heavy atom. The number of hydrogen-bond acceptors (Lipinski definition) is 4. The number of anilines is 1. The van der Waals surface area contributed by atoms with Gasteiger partial charge in [0.1, 0.15) is 5.69 Å². The molecule has 0 aromatic carbocycles. The summed E-state index contributed by atoms with van der Waals surface area (Å²) in [6, 6.07) is 7.76. The molecule has 0 aliphatic heterocycles. The van der Waals surface area contributed by atoms with Gasteiger partial charge in [-0.25, -0.2) is 0 Å². The summed E-state index contributed by atoms with van der Waals surface area (Å²) in [6.07, 6.45) is 6.10. The molecule has 0 radical (unpaired) electrons. The fourth-order valence-corrected chi connectivity index (χ4v) is 1.81. The maximum atomic E-state index is 12.1. The predicted octanol–water partition coefficient (Wildman–Crippen LogP) is 2.62. The van der Waals surface area contributed by atoms with Crippen molar-refractivity contribution in [1.29, 1.82) is 0 Å². The van der Waals surface area contributed by atoms with E-state index in [4.69, 9.17) is 0 Å². The molecule has 2 rings (SSSR count). The van der Waals surface area contributed by atoms with Crippen LogP contribution in [0.15, 0.2) is 42.9 Å². The third-order valence-electron chi connectivity index (χ3n) is 3.19. The van der Waals surface area contributed by atoms with Crippen molar-refractivity contribution in [3.05, 3.63) is 54.1 Å². The van der Waals surface area contributed by atoms with E-state index in [0.717, 1.165) is 17.7 Å². The van der Waals surface area contributed by atoms with Crippen molar-refractivity contribution in [2.75, 3.05) is 5.32 Å². The molecule has 5 nitrogen and oxygen atoms in total. The third-order valence-corrected chi connectivity index (χ3v) is 3.19. The van der Waals surface area contributed by atoms with Gasteiger partial charge in [0.15, 0.2) is 0 Å². The summed E-state index contributed by atoms with van der Waals surface area (Å²) >= 11 is 0. The Morgan fingerprint density at radius 2 is 2.19 bits per heavy atom. The normalized spacial score (nSPS) is 11.7. The molecule has 21 heavy (non-hydrogen) atoms. The molecule has 0 saturated heterocycles. The van der Waals surface area contributed by atoms with Crippen LogP contribution in [0, 0.1) is 0 Å². The molecule has 1 amide bonds. The van der Waals surface area contributed by atoms with Crippen LogP contribution in [-0.4, -0.2) is 21.9 Å². The molecular formula is C16H20N4O. The van der Waals surface area contributed by atoms with Crippen molar-refractivity contribution in [3.8, 4) is 0 Å². The predicted molar refractivity (Wildman–Crippen MR) is 83.0 cm³/mol. The molecule has 1 atom stereocenters. The van der Waals surface area contributed by atoms with E-state index < -0.39 is 0 Å². The zero-order valence-corrected chi connectivity index (χ0v) is 12.3. The lowest BCUT2D eigenvalue weighted by atomic mass is 10.2. The van der Waals surface area contributed by atoms with Crippen molar-refractivity contribution in [2.24, 2.45) is 0 Å². The smallest absolute Gasteiger partial charge is 0.270 e. The number of nitrogens with zero attached hydrogens (tertiary/aromatic N) is 2. The lowest BCUT2D eigenvalue weighted by Crippen LogP contribution is -2.24. The zero-order chi connectivity index (χ0) is 15.1. The van der Waals surface area contributed by atoms with Crippen LogP contribution in [0.3, 0.4) is 0 Å². The van der Waals surface area contributed by atoms with Crippen molar-refractivity contribution < 1.29 is 4.79 Å². The minimum atomic E-state index is -0.188. The first-order valence-electron chi connectivity index (χ1n) is 7.08. The zero-order valence-electron chi connectivity index (χ0n) is 12.3. The van der Waals surface area contributed by atoms with Gasteiger partial charge in [-0.3, -0.25) is 14.8 Å². The van der Waals surface area contributed by atoms with Gasteiger partial charge in [-0.1, -0.05) is 13.0 Å². The van der Waals surface area contributed by atoms with E-state index in [2.05, 4.69) is 34.4 Å². The second-order valence-electron chi connectivity index (χ2n) is 4.93. The van der Waals surface area contributed by atoms with Gasteiger partial charge in [0.25, 0.3) is 5.91 Å². The number of carbonyl (C=O) groups excluding carboxylic acids is 1. The van der Waals surface area contributed by atoms with Crippen LogP contribution in [0.5, 0.6) is 0 Å². The topological polar surface area (TPSA) is 66.9 Å². The van der Waals surface area contributed by atoms with E-state index in [0.29, 0.717) is 18.3 Å². The van der Waals surface area contributed by atoms with Gasteiger partial charge in [-0.05, 0) is 37.1 Å². The SMILES string of the molecule is CCC(C)Nc1ccnc(C(=O)NCc2cccnc2)c1. The van der Waals surface area contributed by atoms with Crippen molar-refractivity contribution in [2.45, 2.75) is 32.9 Å². The third kappa shape index (κ3) is 4.56. The van der Waals surface area contributed by atoms with Crippen LogP contribution in [0.4, 0.5) is 5.69 Å². The maximum Gasteiger partial charge on any atom is 0.270 e. The number of pyridine rings is 2. The molecule has 110 valence electrons. The molecule has 2 heterocycles. The second-order valence-corrected chi connectivity index (χ2v) is 4.93. The van der Waals surface area contributed by atoms with Crippen molar-refractivity contribution in [1.82, 2.24) is 15.3 Å². The largest absolute Gasteiger partial charge is 0.382 e. The van der Waals surface area contributed by atoms with Gasteiger partial charge in [0.2, 0.25) is 0 Å². The molecule has 0 spiro atoms. The molecule has 5 heteroatoms. The Balaban J connectivity index is 1.97. The molecule has 2 N–H and O–H groups in total. The highest BCUT2D eigenvalue weighted by molar-refractivity contribution is 5.93. The highest BCUT2D eigenvalue weighted by Gasteiger charge is 2.08. The summed E-state index contributed by atoms with van der Waals surface area (Å²) in [5.74, 6) is -0.188. The number of carbonyl (C=O) groups is 1. The van der Waals surface area contributed by atoms with E-state index in [1.807, 2.05) is 18.2 Å². The summed E-state index contributed by atoms with van der Waals surface area (Å²) in [4.78, 5) is 20.2. The minimum absolute atomic E-state index is 0.188. The van der Waals surface area contributed by atoms with Crippen LogP contribution in [0.1, 0.15) is 36.3 Å². The lowest BCUT2D eigenvalue weighted by Gasteiger charge is -2.13. The second kappa shape index (κ2) is 7.38. The van der Waals surface area contributed by atoms with Crippen molar-refractivity contribution >= 4 is 11.6 Å². The Morgan fingerprint density at radius 3 is 2.90 bits per heavy atom. The maximum absolute atomic E-state index is 12.1. The monoisotopic (exact) mass is 284 g/mol. The fourth-order valence-electron chi connectivity index (χ4n) is 1.81. The molecule has 0 fully saturated rings. The summed E-state index contributed by atoms with van der Waals surface area (Å²) in [5.41, 5.74) is 2.28. The molecule has 2 aromatic rings. The molecule has 2 aromatic heterocycles. The number of hydrogen-bond donors (Lipinski definition) is 2. The Hall–Kier alpha value is -2.43. The van der Waals surface area contributed by atoms with Crippen LogP contribution in [0.2, 0.25) is 0 Å². The van der Waals surface area contributed by atoms with Crippen LogP contribution >= 0.6 is 0 Å². The Labute approximate surface area is 124 Å². The molecule has 0 aliphatic carbocycles. The highest BCUT2D eigenvalue weighted by atomic mass is 16.1. The number of aromatic nitrogens is 2. The van der Waals surface area contributed by atoms with E-state index >= 15 is 0 Å². The molecule has 0 bridgehead atoms. The Kier molecular flexibility index (Phi) is 5.26. The van der Waals surface area contributed by atoms with Crippen LogP contribution in [-0.2, 0) is 6.54 Å². The lowest BCUT2D eigenvalue weighted by molar-refractivity contribution is 0.0946. The Bertz CT molecular complexity index is 586. The van der Waals surface area contributed by atoms with E-state index in [9.17, 15) is 4.79 Å². The quantitative estimate of drug-likeness (QED) is 0.855. The molecule has 1 unspecified atom stereocenters. The average Bonchev–Trinajstić information content (AvgIpc) is 2.53. The molecular weight excluding hydrogens is 264 g/mol. The first kappa shape index (κ1) is 15.0. The van der Waals surface area contributed by atoms with Gasteiger partial charge in [-0.15, -0.1) is 0 Å². The van der Waals surface area contributed by atoms with Gasteiger partial charge >= 0.3 is 0 Å². The summed E-state index contributed by atoms with van der Waals surface area (Å²) in [6.45, 7) is 4.65. The summed E-state index contributed by atoms with van der Waals surface area (Å²) < 4.78 is 0. The molecule has 0 saturated carbocycles. The first-order valence-corrected chi connectivity index (χ1v) is 7.08. The standard InChI is InChI=1S/C16H20N4O/c1-3-12(2)20-14-6-8-18-15(9-14)16(21)19-11-13-5-4-7-17-10-13/h4-10,12H,3,11H2,1-2H3,(H,18,20)(H,19,21). The number of amides is 1.